The molecule has 0 bridgehead atoms. The SMILES string of the molecule is CC(C)(C)c1ccccc1OCC(=O)NCCC(=O)[O-]. The third-order valence-electron chi connectivity index (χ3n) is 2.71. The summed E-state index contributed by atoms with van der Waals surface area (Å²) in [7, 11) is 0. The molecular weight excluding hydrogens is 258 g/mol. The van der Waals surface area contributed by atoms with Crippen molar-refractivity contribution in [2.45, 2.75) is 32.6 Å². The molecule has 5 nitrogen and oxygen atoms in total. The molecule has 0 fully saturated rings. The van der Waals surface area contributed by atoms with E-state index in [9.17, 15) is 14.7 Å². The summed E-state index contributed by atoms with van der Waals surface area (Å²) < 4.78 is 5.51. The second-order valence-electron chi connectivity index (χ2n) is 5.51. The molecule has 20 heavy (non-hydrogen) atoms. The number of rotatable bonds is 6. The Bertz CT molecular complexity index is 477. The van der Waals surface area contributed by atoms with E-state index in [4.69, 9.17) is 4.74 Å². The molecule has 1 amide bonds. The van der Waals surface area contributed by atoms with Crippen molar-refractivity contribution in [1.29, 1.82) is 0 Å². The van der Waals surface area contributed by atoms with Crippen molar-refractivity contribution in [2.75, 3.05) is 13.2 Å². The fourth-order valence-electron chi connectivity index (χ4n) is 1.71. The molecule has 0 radical (unpaired) electrons. The van der Waals surface area contributed by atoms with Crippen LogP contribution in [0.4, 0.5) is 0 Å². The van der Waals surface area contributed by atoms with Crippen LogP contribution in [-0.2, 0) is 15.0 Å². The number of amides is 1. The van der Waals surface area contributed by atoms with Crippen LogP contribution < -0.4 is 15.2 Å². The summed E-state index contributed by atoms with van der Waals surface area (Å²) in [5.74, 6) is -0.880. The van der Waals surface area contributed by atoms with Gasteiger partial charge in [-0.15, -0.1) is 0 Å². The second kappa shape index (κ2) is 6.93. The number of nitrogens with one attached hydrogen (secondary N) is 1. The number of carboxylic acids is 1. The quantitative estimate of drug-likeness (QED) is 0.827. The highest BCUT2D eigenvalue weighted by Gasteiger charge is 2.18. The van der Waals surface area contributed by atoms with Crippen LogP contribution in [0, 0.1) is 0 Å². The van der Waals surface area contributed by atoms with E-state index in [1.807, 2.05) is 24.3 Å². The minimum Gasteiger partial charge on any atom is -0.550 e. The number of carboxylic acid groups (broad SMARTS) is 1. The van der Waals surface area contributed by atoms with Gasteiger partial charge in [-0.1, -0.05) is 39.0 Å². The molecule has 0 aromatic heterocycles. The molecule has 0 aliphatic rings. The number of benzene rings is 1. The van der Waals surface area contributed by atoms with Crippen LogP contribution in [0.15, 0.2) is 24.3 Å². The molecule has 0 atom stereocenters. The molecule has 1 N–H and O–H groups in total. The number of para-hydroxylation sites is 1. The maximum atomic E-state index is 11.5. The lowest BCUT2D eigenvalue weighted by atomic mass is 9.86. The van der Waals surface area contributed by atoms with Gasteiger partial charge in [-0.3, -0.25) is 4.79 Å². The Morgan fingerprint density at radius 1 is 1.25 bits per heavy atom. The van der Waals surface area contributed by atoms with Gasteiger partial charge in [0.05, 0.1) is 0 Å². The van der Waals surface area contributed by atoms with E-state index in [1.54, 1.807) is 0 Å². The van der Waals surface area contributed by atoms with E-state index in [0.717, 1.165) is 5.56 Å². The molecule has 0 saturated carbocycles. The van der Waals surface area contributed by atoms with Crippen molar-refractivity contribution in [3.8, 4) is 5.75 Å². The smallest absolute Gasteiger partial charge is 0.257 e. The molecule has 0 spiro atoms. The Morgan fingerprint density at radius 2 is 1.90 bits per heavy atom. The lowest BCUT2D eigenvalue weighted by Crippen LogP contribution is -2.33. The van der Waals surface area contributed by atoms with Crippen LogP contribution in [-0.4, -0.2) is 25.0 Å². The molecular formula is C15H20NO4-. The Kier molecular flexibility index (Phi) is 5.55. The topological polar surface area (TPSA) is 78.5 Å². The third kappa shape index (κ3) is 5.30. The van der Waals surface area contributed by atoms with E-state index >= 15 is 0 Å². The van der Waals surface area contributed by atoms with Crippen molar-refractivity contribution < 1.29 is 19.4 Å². The first-order valence-corrected chi connectivity index (χ1v) is 6.49. The van der Waals surface area contributed by atoms with E-state index in [2.05, 4.69) is 26.1 Å². The van der Waals surface area contributed by atoms with E-state index in [0.29, 0.717) is 5.75 Å². The van der Waals surface area contributed by atoms with Crippen LogP contribution in [0.2, 0.25) is 0 Å². The summed E-state index contributed by atoms with van der Waals surface area (Å²) in [6, 6.07) is 7.55. The summed E-state index contributed by atoms with van der Waals surface area (Å²) >= 11 is 0. The highest BCUT2D eigenvalue weighted by atomic mass is 16.5. The van der Waals surface area contributed by atoms with Crippen molar-refractivity contribution in [3.05, 3.63) is 29.8 Å². The van der Waals surface area contributed by atoms with Gasteiger partial charge in [-0.2, -0.15) is 0 Å². The standard InChI is InChI=1S/C15H21NO4/c1-15(2,3)11-6-4-5-7-12(11)20-10-13(17)16-9-8-14(18)19/h4-7H,8-10H2,1-3H3,(H,16,17)(H,18,19)/p-1. The zero-order chi connectivity index (χ0) is 15.2. The highest BCUT2D eigenvalue weighted by Crippen LogP contribution is 2.30. The first kappa shape index (κ1) is 16.0. The maximum absolute atomic E-state index is 11.5. The monoisotopic (exact) mass is 278 g/mol. The van der Waals surface area contributed by atoms with Crippen molar-refractivity contribution in [3.63, 3.8) is 0 Å². The van der Waals surface area contributed by atoms with E-state index in [-0.39, 0.29) is 30.9 Å². The Hall–Kier alpha value is -2.04. The maximum Gasteiger partial charge on any atom is 0.257 e. The number of ether oxygens (including phenoxy) is 1. The van der Waals surface area contributed by atoms with Gasteiger partial charge >= 0.3 is 0 Å². The number of hydrogen-bond donors (Lipinski definition) is 1. The van der Waals surface area contributed by atoms with Crippen LogP contribution in [0.5, 0.6) is 5.75 Å². The fourth-order valence-corrected chi connectivity index (χ4v) is 1.71. The average Bonchev–Trinajstić information content (AvgIpc) is 2.35. The minimum absolute atomic E-state index is 0.0471. The van der Waals surface area contributed by atoms with Crippen LogP contribution in [0.25, 0.3) is 0 Å². The average molecular weight is 278 g/mol. The Balaban J connectivity index is 2.54. The summed E-state index contributed by atoms with van der Waals surface area (Å²) in [4.78, 5) is 21.7. The summed E-state index contributed by atoms with van der Waals surface area (Å²) in [6.45, 7) is 6.10. The van der Waals surface area contributed by atoms with E-state index < -0.39 is 5.97 Å². The Labute approximate surface area is 118 Å². The van der Waals surface area contributed by atoms with Crippen LogP contribution in [0.1, 0.15) is 32.8 Å². The van der Waals surface area contributed by atoms with Gasteiger partial charge in [0.15, 0.2) is 6.61 Å². The first-order valence-electron chi connectivity index (χ1n) is 6.49. The minimum atomic E-state index is -1.19. The molecule has 1 aromatic rings. The van der Waals surface area contributed by atoms with Gasteiger partial charge in [-0.05, 0) is 17.0 Å². The lowest BCUT2D eigenvalue weighted by molar-refractivity contribution is -0.305. The molecule has 0 aliphatic heterocycles. The predicted molar refractivity (Wildman–Crippen MR) is 73.3 cm³/mol. The van der Waals surface area contributed by atoms with Gasteiger partial charge in [0.25, 0.3) is 5.91 Å². The third-order valence-corrected chi connectivity index (χ3v) is 2.71. The van der Waals surface area contributed by atoms with Gasteiger partial charge in [-0.25, -0.2) is 0 Å². The second-order valence-corrected chi connectivity index (χ2v) is 5.51. The number of carbonyl (C=O) groups excluding carboxylic acids is 2. The van der Waals surface area contributed by atoms with Crippen LogP contribution >= 0.6 is 0 Å². The van der Waals surface area contributed by atoms with Gasteiger partial charge in [0, 0.05) is 18.9 Å². The van der Waals surface area contributed by atoms with Crippen molar-refractivity contribution in [2.24, 2.45) is 0 Å². The van der Waals surface area contributed by atoms with Crippen molar-refractivity contribution in [1.82, 2.24) is 5.32 Å². The number of aliphatic carboxylic acids is 1. The normalized spacial score (nSPS) is 10.9. The molecule has 0 heterocycles. The summed E-state index contributed by atoms with van der Waals surface area (Å²) in [5, 5.41) is 12.7. The molecule has 0 saturated heterocycles. The molecule has 1 aromatic carbocycles. The molecule has 0 unspecified atom stereocenters. The zero-order valence-electron chi connectivity index (χ0n) is 12.1. The molecule has 5 heteroatoms. The fraction of sp³-hybridized carbons (Fsp3) is 0.467. The van der Waals surface area contributed by atoms with Gasteiger partial charge < -0.3 is 20.0 Å². The van der Waals surface area contributed by atoms with Crippen LogP contribution in [0.3, 0.4) is 0 Å². The summed E-state index contributed by atoms with van der Waals surface area (Å²) in [6.07, 6.45) is -0.204. The molecule has 110 valence electrons. The van der Waals surface area contributed by atoms with Crippen molar-refractivity contribution >= 4 is 11.9 Å². The lowest BCUT2D eigenvalue weighted by Gasteiger charge is -2.22. The predicted octanol–water partition coefficient (Wildman–Crippen LogP) is 0.619. The Morgan fingerprint density at radius 3 is 2.50 bits per heavy atom. The van der Waals surface area contributed by atoms with E-state index in [1.165, 1.54) is 0 Å². The van der Waals surface area contributed by atoms with Gasteiger partial charge in [0.1, 0.15) is 5.75 Å². The first-order chi connectivity index (χ1) is 9.30. The highest BCUT2D eigenvalue weighted by molar-refractivity contribution is 5.78. The number of hydrogen-bond acceptors (Lipinski definition) is 4. The molecule has 1 rings (SSSR count). The van der Waals surface area contributed by atoms with Gasteiger partial charge in [0.2, 0.25) is 0 Å². The zero-order valence-corrected chi connectivity index (χ0v) is 12.1. The number of carbonyl (C=O) groups is 2. The summed E-state index contributed by atoms with van der Waals surface area (Å²) in [5.41, 5.74) is 0.935. The largest absolute Gasteiger partial charge is 0.550 e. The molecule has 0 aliphatic carbocycles.